The van der Waals surface area contributed by atoms with Crippen molar-refractivity contribution in [1.29, 1.82) is 0 Å². The fourth-order valence-electron chi connectivity index (χ4n) is 3.12. The third-order valence-electron chi connectivity index (χ3n) is 4.69. The van der Waals surface area contributed by atoms with E-state index < -0.39 is 23.7 Å². The van der Waals surface area contributed by atoms with Gasteiger partial charge in [0.1, 0.15) is 0 Å². The van der Waals surface area contributed by atoms with E-state index in [4.69, 9.17) is 14.2 Å². The van der Waals surface area contributed by atoms with Gasteiger partial charge in [0.15, 0.2) is 5.57 Å². The van der Waals surface area contributed by atoms with Gasteiger partial charge in [0, 0.05) is 26.1 Å². The summed E-state index contributed by atoms with van der Waals surface area (Å²) in [5.74, 6) is -3.41. The van der Waals surface area contributed by atoms with E-state index in [2.05, 4.69) is 10.6 Å². The summed E-state index contributed by atoms with van der Waals surface area (Å²) in [6.07, 6.45) is 1.21. The number of hydrogen-bond acceptors (Lipinski definition) is 8. The van der Waals surface area contributed by atoms with Crippen LogP contribution >= 0.6 is 0 Å². The first-order chi connectivity index (χ1) is 15.2. The average molecular weight is 438 g/mol. The van der Waals surface area contributed by atoms with Crippen LogP contribution in [0.1, 0.15) is 49.7 Å². The molecule has 0 spiro atoms. The molecule has 168 valence electrons. The van der Waals surface area contributed by atoms with Crippen molar-refractivity contribution in [3.8, 4) is 0 Å². The number of esters is 3. The number of cyclic esters (lactones) is 2. The maximum Gasteiger partial charge on any atom is 0.350 e. The van der Waals surface area contributed by atoms with Crippen molar-refractivity contribution in [3.63, 3.8) is 0 Å². The quantitative estimate of drug-likeness (QED) is 0.377. The Morgan fingerprint density at radius 3 is 2.34 bits per heavy atom. The maximum atomic E-state index is 12.2. The summed E-state index contributed by atoms with van der Waals surface area (Å²) in [6, 6.07) is 14.7. The van der Waals surface area contributed by atoms with Crippen molar-refractivity contribution >= 4 is 29.3 Å². The molecule has 8 nitrogen and oxygen atoms in total. The van der Waals surface area contributed by atoms with Gasteiger partial charge in [0.05, 0.1) is 23.5 Å². The van der Waals surface area contributed by atoms with Crippen LogP contribution in [-0.4, -0.2) is 30.3 Å². The molecule has 1 unspecified atom stereocenters. The Morgan fingerprint density at radius 1 is 1.06 bits per heavy atom. The standard InChI is InChI=1S/C24H26N2O6/c1-5-30-21(27)17-11-12-19(26-15(2)16-9-7-6-8-10-16)20(13-17)25-14-18-22(28)31-24(3,4)32-23(18)29/h6-15,25-26H,5H2,1-4H3. The SMILES string of the molecule is CCOC(=O)c1ccc(NC(C)c2ccccc2)c(NC=C2C(=O)OC(C)(C)OC2=O)c1. The second-order valence-electron chi connectivity index (χ2n) is 7.64. The molecule has 1 aliphatic heterocycles. The molecule has 0 amide bonds. The summed E-state index contributed by atoms with van der Waals surface area (Å²) in [4.78, 5) is 36.7. The van der Waals surface area contributed by atoms with E-state index in [0.29, 0.717) is 16.9 Å². The minimum atomic E-state index is -1.33. The summed E-state index contributed by atoms with van der Waals surface area (Å²) in [7, 11) is 0. The lowest BCUT2D eigenvalue weighted by atomic mass is 10.1. The Hall–Kier alpha value is -3.81. The van der Waals surface area contributed by atoms with E-state index in [1.54, 1.807) is 25.1 Å². The zero-order valence-electron chi connectivity index (χ0n) is 18.4. The Bertz CT molecular complexity index is 1020. The minimum absolute atomic E-state index is 0.0525. The Balaban J connectivity index is 1.90. The molecule has 1 heterocycles. The van der Waals surface area contributed by atoms with Gasteiger partial charge < -0.3 is 24.8 Å². The summed E-state index contributed by atoms with van der Waals surface area (Å²) in [5, 5.41) is 6.30. The van der Waals surface area contributed by atoms with E-state index in [9.17, 15) is 14.4 Å². The van der Waals surface area contributed by atoms with Crippen LogP contribution in [-0.2, 0) is 23.8 Å². The number of nitrogens with one attached hydrogen (secondary N) is 2. The Labute approximate surface area is 186 Å². The molecule has 1 saturated heterocycles. The van der Waals surface area contributed by atoms with E-state index in [1.165, 1.54) is 20.0 Å². The van der Waals surface area contributed by atoms with Crippen LogP contribution in [0.25, 0.3) is 0 Å². The molecule has 8 heteroatoms. The van der Waals surface area contributed by atoms with Gasteiger partial charge >= 0.3 is 17.9 Å². The predicted octanol–water partition coefficient (Wildman–Crippen LogP) is 4.17. The van der Waals surface area contributed by atoms with E-state index in [1.807, 2.05) is 37.3 Å². The van der Waals surface area contributed by atoms with E-state index in [-0.39, 0.29) is 18.2 Å². The molecular weight excluding hydrogens is 412 g/mol. The zero-order chi connectivity index (χ0) is 23.3. The fraction of sp³-hybridized carbons (Fsp3) is 0.292. The molecule has 0 aromatic heterocycles. The summed E-state index contributed by atoms with van der Waals surface area (Å²) in [6.45, 7) is 6.91. The third-order valence-corrected chi connectivity index (χ3v) is 4.69. The number of carbonyl (C=O) groups is 3. The van der Waals surface area contributed by atoms with Gasteiger partial charge in [-0.05, 0) is 37.6 Å². The monoisotopic (exact) mass is 438 g/mol. The largest absolute Gasteiger partial charge is 0.462 e. The number of anilines is 2. The number of benzene rings is 2. The molecule has 0 saturated carbocycles. The van der Waals surface area contributed by atoms with Crippen molar-refractivity contribution in [3.05, 3.63) is 71.4 Å². The lowest BCUT2D eigenvalue weighted by Gasteiger charge is -2.29. The minimum Gasteiger partial charge on any atom is -0.462 e. The number of rotatable bonds is 7. The average Bonchev–Trinajstić information content (AvgIpc) is 2.74. The maximum absolute atomic E-state index is 12.2. The highest BCUT2D eigenvalue weighted by atomic mass is 16.7. The molecular formula is C24H26N2O6. The Morgan fingerprint density at radius 2 is 1.72 bits per heavy atom. The predicted molar refractivity (Wildman–Crippen MR) is 119 cm³/mol. The molecule has 2 aromatic carbocycles. The molecule has 32 heavy (non-hydrogen) atoms. The topological polar surface area (TPSA) is 103 Å². The van der Waals surface area contributed by atoms with E-state index in [0.717, 1.165) is 5.56 Å². The molecule has 2 aromatic rings. The van der Waals surface area contributed by atoms with Gasteiger partial charge in [0.25, 0.3) is 5.79 Å². The molecule has 1 fully saturated rings. The molecule has 3 rings (SSSR count). The second kappa shape index (κ2) is 9.55. The van der Waals surface area contributed by atoms with Crippen LogP contribution in [0.4, 0.5) is 11.4 Å². The van der Waals surface area contributed by atoms with Crippen molar-refractivity contribution < 1.29 is 28.6 Å². The van der Waals surface area contributed by atoms with E-state index >= 15 is 0 Å². The molecule has 0 aliphatic carbocycles. The fourth-order valence-corrected chi connectivity index (χ4v) is 3.12. The lowest BCUT2D eigenvalue weighted by Crippen LogP contribution is -2.42. The van der Waals surface area contributed by atoms with Crippen LogP contribution < -0.4 is 10.6 Å². The molecule has 0 radical (unpaired) electrons. The van der Waals surface area contributed by atoms with Gasteiger partial charge in [-0.2, -0.15) is 0 Å². The summed E-state index contributed by atoms with van der Waals surface area (Å²) < 4.78 is 15.3. The normalized spacial score (nSPS) is 15.8. The van der Waals surface area contributed by atoms with Crippen LogP contribution in [0.5, 0.6) is 0 Å². The van der Waals surface area contributed by atoms with Crippen molar-refractivity contribution in [2.45, 2.75) is 39.5 Å². The first-order valence-electron chi connectivity index (χ1n) is 10.3. The van der Waals surface area contributed by atoms with Crippen molar-refractivity contribution in [2.75, 3.05) is 17.2 Å². The van der Waals surface area contributed by atoms with Crippen LogP contribution in [0.15, 0.2) is 60.3 Å². The van der Waals surface area contributed by atoms with Gasteiger partial charge in [-0.15, -0.1) is 0 Å². The van der Waals surface area contributed by atoms with Gasteiger partial charge in [-0.3, -0.25) is 0 Å². The summed E-state index contributed by atoms with van der Waals surface area (Å²) in [5.41, 5.74) is 2.22. The van der Waals surface area contributed by atoms with Crippen molar-refractivity contribution in [1.82, 2.24) is 0 Å². The highest BCUT2D eigenvalue weighted by molar-refractivity contribution is 6.15. The highest BCUT2D eigenvalue weighted by Gasteiger charge is 2.39. The number of carbonyl (C=O) groups excluding carboxylic acids is 3. The Kier molecular flexibility index (Phi) is 6.82. The summed E-state index contributed by atoms with van der Waals surface area (Å²) >= 11 is 0. The smallest absolute Gasteiger partial charge is 0.350 e. The first kappa shape index (κ1) is 22.9. The van der Waals surface area contributed by atoms with Crippen LogP contribution in [0.2, 0.25) is 0 Å². The van der Waals surface area contributed by atoms with Gasteiger partial charge in [0.2, 0.25) is 0 Å². The second-order valence-corrected chi connectivity index (χ2v) is 7.64. The molecule has 1 aliphatic rings. The number of hydrogen-bond donors (Lipinski definition) is 2. The van der Waals surface area contributed by atoms with Crippen molar-refractivity contribution in [2.24, 2.45) is 0 Å². The van der Waals surface area contributed by atoms with Gasteiger partial charge in [-0.1, -0.05) is 30.3 Å². The van der Waals surface area contributed by atoms with Crippen LogP contribution in [0, 0.1) is 0 Å². The molecule has 1 atom stereocenters. The first-order valence-corrected chi connectivity index (χ1v) is 10.3. The molecule has 2 N–H and O–H groups in total. The number of ether oxygens (including phenoxy) is 3. The zero-order valence-corrected chi connectivity index (χ0v) is 18.4. The van der Waals surface area contributed by atoms with Gasteiger partial charge in [-0.25, -0.2) is 14.4 Å². The molecule has 0 bridgehead atoms. The van der Waals surface area contributed by atoms with Crippen LogP contribution in [0.3, 0.4) is 0 Å². The lowest BCUT2D eigenvalue weighted by molar-refractivity contribution is -0.222. The third kappa shape index (κ3) is 5.46. The highest BCUT2D eigenvalue weighted by Crippen LogP contribution is 2.29.